The van der Waals surface area contributed by atoms with Crippen LogP contribution in [-0.2, 0) is 6.42 Å². The predicted molar refractivity (Wildman–Crippen MR) is 86.5 cm³/mol. The summed E-state index contributed by atoms with van der Waals surface area (Å²) in [6, 6.07) is 14.9. The Balaban J connectivity index is 2.05. The van der Waals surface area contributed by atoms with Crippen molar-refractivity contribution < 1.29 is 4.79 Å². The first-order valence-corrected chi connectivity index (χ1v) is 7.34. The van der Waals surface area contributed by atoms with E-state index in [2.05, 4.69) is 5.32 Å². The summed E-state index contributed by atoms with van der Waals surface area (Å²) in [4.78, 5) is 12.2. The van der Waals surface area contributed by atoms with Gasteiger partial charge in [0, 0.05) is 10.6 Å². The van der Waals surface area contributed by atoms with Gasteiger partial charge in [0.1, 0.15) is 0 Å². The summed E-state index contributed by atoms with van der Waals surface area (Å²) in [5.41, 5.74) is 8.19. The van der Waals surface area contributed by atoms with Crippen molar-refractivity contribution in [2.75, 3.05) is 6.54 Å². The molecule has 3 nitrogen and oxygen atoms in total. The predicted octanol–water partition coefficient (Wildman–Crippen LogP) is 3.33. The molecule has 3 N–H and O–H groups in total. The highest BCUT2D eigenvalue weighted by Crippen LogP contribution is 2.22. The van der Waals surface area contributed by atoms with Crippen LogP contribution in [0, 0.1) is 0 Å². The number of amides is 1. The van der Waals surface area contributed by atoms with Gasteiger partial charge < -0.3 is 11.1 Å². The zero-order valence-corrected chi connectivity index (χ0v) is 12.7. The van der Waals surface area contributed by atoms with Crippen molar-refractivity contribution in [1.82, 2.24) is 5.32 Å². The van der Waals surface area contributed by atoms with E-state index in [1.165, 1.54) is 0 Å². The first-order valence-electron chi connectivity index (χ1n) is 6.96. The van der Waals surface area contributed by atoms with Gasteiger partial charge in [-0.3, -0.25) is 4.79 Å². The van der Waals surface area contributed by atoms with Crippen LogP contribution in [0.3, 0.4) is 0 Å². The Kier molecular flexibility index (Phi) is 5.37. The van der Waals surface area contributed by atoms with Crippen molar-refractivity contribution >= 4 is 17.5 Å². The summed E-state index contributed by atoms with van der Waals surface area (Å²) in [7, 11) is 0. The molecular weight excluding hydrogens is 284 g/mol. The van der Waals surface area contributed by atoms with E-state index < -0.39 is 0 Å². The van der Waals surface area contributed by atoms with Crippen molar-refractivity contribution in [1.29, 1.82) is 0 Å². The summed E-state index contributed by atoms with van der Waals surface area (Å²) in [5.74, 6) is -0.110. The second kappa shape index (κ2) is 7.25. The Bertz CT molecular complexity index is 610. The molecular formula is C17H19ClN2O. The molecule has 0 aliphatic carbocycles. The van der Waals surface area contributed by atoms with Crippen LogP contribution in [0.5, 0.6) is 0 Å². The van der Waals surface area contributed by atoms with Crippen molar-refractivity contribution in [3.63, 3.8) is 0 Å². The lowest BCUT2D eigenvalue weighted by molar-refractivity contribution is 0.0940. The Hall–Kier alpha value is -1.84. The molecule has 0 bridgehead atoms. The van der Waals surface area contributed by atoms with Crippen LogP contribution in [0.2, 0.25) is 5.02 Å². The molecule has 1 amide bonds. The average Bonchev–Trinajstić information content (AvgIpc) is 2.48. The number of rotatable bonds is 5. The van der Waals surface area contributed by atoms with Gasteiger partial charge in [0.05, 0.1) is 6.04 Å². The maximum absolute atomic E-state index is 12.2. The lowest BCUT2D eigenvalue weighted by Crippen LogP contribution is -2.26. The number of hydrogen-bond donors (Lipinski definition) is 2. The van der Waals surface area contributed by atoms with Gasteiger partial charge in [0.15, 0.2) is 0 Å². The topological polar surface area (TPSA) is 55.1 Å². The lowest BCUT2D eigenvalue weighted by atomic mass is 10.1. The molecule has 0 radical (unpaired) electrons. The molecule has 0 fully saturated rings. The van der Waals surface area contributed by atoms with Gasteiger partial charge >= 0.3 is 0 Å². The number of benzene rings is 2. The maximum Gasteiger partial charge on any atom is 0.251 e. The Morgan fingerprint density at radius 3 is 2.48 bits per heavy atom. The van der Waals surface area contributed by atoms with Crippen LogP contribution in [0.4, 0.5) is 0 Å². The van der Waals surface area contributed by atoms with Gasteiger partial charge in [-0.2, -0.15) is 0 Å². The van der Waals surface area contributed by atoms with Gasteiger partial charge in [-0.15, -0.1) is 0 Å². The minimum atomic E-state index is -0.144. The third-order valence-corrected chi connectivity index (χ3v) is 3.71. The van der Waals surface area contributed by atoms with Crippen LogP contribution in [0.25, 0.3) is 0 Å². The number of carbonyl (C=O) groups is 1. The summed E-state index contributed by atoms with van der Waals surface area (Å²) >= 11 is 6.14. The molecule has 2 aromatic carbocycles. The van der Waals surface area contributed by atoms with Crippen LogP contribution in [0.15, 0.2) is 48.5 Å². The van der Waals surface area contributed by atoms with Crippen LogP contribution < -0.4 is 11.1 Å². The lowest BCUT2D eigenvalue weighted by Gasteiger charge is -2.15. The quantitative estimate of drug-likeness (QED) is 0.890. The van der Waals surface area contributed by atoms with E-state index >= 15 is 0 Å². The molecule has 110 valence electrons. The van der Waals surface area contributed by atoms with Gasteiger partial charge in [-0.05, 0) is 49.2 Å². The molecule has 0 aliphatic rings. The zero-order valence-electron chi connectivity index (χ0n) is 12.0. The van der Waals surface area contributed by atoms with E-state index in [-0.39, 0.29) is 11.9 Å². The molecule has 2 aromatic rings. The molecule has 21 heavy (non-hydrogen) atoms. The third-order valence-electron chi connectivity index (χ3n) is 3.37. The molecule has 0 unspecified atom stereocenters. The van der Waals surface area contributed by atoms with Crippen LogP contribution >= 0.6 is 11.6 Å². The molecule has 0 saturated carbocycles. The standard InChI is InChI=1S/C17H19ClN2O/c1-12(15-4-2-3-5-16(15)18)20-17(21)14-8-6-13(7-9-14)10-11-19/h2-9,12H,10-11,19H2,1H3,(H,20,21)/t12-/m0/s1. The van der Waals surface area contributed by atoms with E-state index in [9.17, 15) is 4.79 Å². The number of hydrogen-bond acceptors (Lipinski definition) is 2. The molecule has 0 aromatic heterocycles. The van der Waals surface area contributed by atoms with Crippen molar-refractivity contribution in [3.8, 4) is 0 Å². The highest BCUT2D eigenvalue weighted by Gasteiger charge is 2.13. The van der Waals surface area contributed by atoms with E-state index in [4.69, 9.17) is 17.3 Å². The van der Waals surface area contributed by atoms with Gasteiger partial charge in [0.2, 0.25) is 0 Å². The fourth-order valence-electron chi connectivity index (χ4n) is 2.17. The SMILES string of the molecule is C[C@H](NC(=O)c1ccc(CCN)cc1)c1ccccc1Cl. The molecule has 0 saturated heterocycles. The largest absolute Gasteiger partial charge is 0.345 e. The monoisotopic (exact) mass is 302 g/mol. The van der Waals surface area contributed by atoms with Crippen molar-refractivity contribution in [3.05, 3.63) is 70.2 Å². The Morgan fingerprint density at radius 1 is 1.19 bits per heavy atom. The molecule has 0 aliphatic heterocycles. The molecule has 0 spiro atoms. The van der Waals surface area contributed by atoms with Crippen molar-refractivity contribution in [2.45, 2.75) is 19.4 Å². The van der Waals surface area contributed by atoms with E-state index in [1.807, 2.05) is 55.5 Å². The number of carbonyl (C=O) groups excluding carboxylic acids is 1. The number of nitrogens with one attached hydrogen (secondary N) is 1. The van der Waals surface area contributed by atoms with Gasteiger partial charge in [-0.1, -0.05) is 41.9 Å². The van der Waals surface area contributed by atoms with Gasteiger partial charge in [-0.25, -0.2) is 0 Å². The van der Waals surface area contributed by atoms with Crippen molar-refractivity contribution in [2.24, 2.45) is 5.73 Å². The number of halogens is 1. The normalized spacial score (nSPS) is 12.0. The summed E-state index contributed by atoms with van der Waals surface area (Å²) < 4.78 is 0. The molecule has 0 heterocycles. The highest BCUT2D eigenvalue weighted by atomic mass is 35.5. The van der Waals surface area contributed by atoms with Crippen LogP contribution in [0.1, 0.15) is 34.5 Å². The zero-order chi connectivity index (χ0) is 15.2. The Morgan fingerprint density at radius 2 is 1.86 bits per heavy atom. The van der Waals surface area contributed by atoms with Crippen LogP contribution in [-0.4, -0.2) is 12.5 Å². The average molecular weight is 303 g/mol. The fraction of sp³-hybridized carbons (Fsp3) is 0.235. The first-order chi connectivity index (χ1) is 10.1. The van der Waals surface area contributed by atoms with E-state index in [0.29, 0.717) is 17.1 Å². The minimum absolute atomic E-state index is 0.110. The summed E-state index contributed by atoms with van der Waals surface area (Å²) in [5, 5.41) is 3.61. The summed E-state index contributed by atoms with van der Waals surface area (Å²) in [6.45, 7) is 2.52. The van der Waals surface area contributed by atoms with Gasteiger partial charge in [0.25, 0.3) is 5.91 Å². The van der Waals surface area contributed by atoms with E-state index in [1.54, 1.807) is 0 Å². The third kappa shape index (κ3) is 4.06. The number of nitrogens with two attached hydrogens (primary N) is 1. The fourth-order valence-corrected chi connectivity index (χ4v) is 2.47. The second-order valence-electron chi connectivity index (χ2n) is 4.95. The highest BCUT2D eigenvalue weighted by molar-refractivity contribution is 6.31. The summed E-state index contributed by atoms with van der Waals surface area (Å²) in [6.07, 6.45) is 0.817. The molecule has 1 atom stereocenters. The Labute approximate surface area is 130 Å². The first kappa shape index (κ1) is 15.5. The molecule has 4 heteroatoms. The maximum atomic E-state index is 12.2. The second-order valence-corrected chi connectivity index (χ2v) is 5.36. The van der Waals surface area contributed by atoms with E-state index in [0.717, 1.165) is 17.5 Å². The minimum Gasteiger partial charge on any atom is -0.345 e. The molecule has 2 rings (SSSR count). The smallest absolute Gasteiger partial charge is 0.251 e.